The third-order valence-electron chi connectivity index (χ3n) is 4.26. The third-order valence-corrected chi connectivity index (χ3v) is 4.26. The number of nitrogens with two attached hydrogens (primary N) is 1. The Morgan fingerprint density at radius 2 is 1.79 bits per heavy atom. The molecule has 1 amide bonds. The Balaban J connectivity index is 2.67. The Labute approximate surface area is 169 Å². The summed E-state index contributed by atoms with van der Waals surface area (Å²) in [7, 11) is 2.72. The zero-order valence-electron chi connectivity index (χ0n) is 16.8. The maximum absolute atomic E-state index is 13.3. The van der Waals surface area contributed by atoms with E-state index in [0.29, 0.717) is 34.6 Å². The molecule has 2 N–H and O–H groups in total. The minimum Gasteiger partial charge on any atom is -0.452 e. The van der Waals surface area contributed by atoms with Crippen LogP contribution in [0.15, 0.2) is 59.3 Å². The van der Waals surface area contributed by atoms with Gasteiger partial charge in [0.1, 0.15) is 18.6 Å². The number of nitrogens with zero attached hydrogens (tertiary/aromatic N) is 2. The molecule has 2 aromatic rings. The first kappa shape index (κ1) is 21.9. The summed E-state index contributed by atoms with van der Waals surface area (Å²) in [6, 6.07) is 12.9. The summed E-state index contributed by atoms with van der Waals surface area (Å²) >= 11 is 0. The van der Waals surface area contributed by atoms with E-state index in [-0.39, 0.29) is 11.6 Å². The number of ether oxygens (including phenoxy) is 1. The Morgan fingerprint density at radius 1 is 1.14 bits per heavy atom. The molecule has 0 heterocycles. The minimum absolute atomic E-state index is 0.281. The summed E-state index contributed by atoms with van der Waals surface area (Å²) in [5.74, 6) is 5.52. The molecule has 0 aliphatic carbocycles. The van der Waals surface area contributed by atoms with Crippen molar-refractivity contribution in [3.8, 4) is 0 Å². The van der Waals surface area contributed by atoms with Gasteiger partial charge in [0.05, 0.1) is 12.8 Å². The molecule has 8 heteroatoms. The summed E-state index contributed by atoms with van der Waals surface area (Å²) in [6.07, 6.45) is -0.515. The van der Waals surface area contributed by atoms with Crippen LogP contribution in [0.4, 0.5) is 14.9 Å². The van der Waals surface area contributed by atoms with Gasteiger partial charge in [-0.15, -0.1) is 0 Å². The highest BCUT2D eigenvalue weighted by atomic mass is 19.1. The monoisotopic (exact) mass is 401 g/mol. The lowest BCUT2D eigenvalue weighted by Crippen LogP contribution is -2.31. The van der Waals surface area contributed by atoms with Gasteiger partial charge in [-0.05, 0) is 50.2 Å². The van der Waals surface area contributed by atoms with Crippen molar-refractivity contribution in [1.29, 1.82) is 0 Å². The number of allylic oxidation sites excluding steroid dienone is 1. The average Bonchev–Trinajstić information content (AvgIpc) is 2.74. The SMILES string of the molecule is CCN(C(=O)OC)c1ccccc1/C(ON)=C(C)/C(=N\OC)c1ccc(F)cc1. The number of hydrogen-bond donors (Lipinski definition) is 1. The number of amides is 1. The Hall–Kier alpha value is -3.39. The smallest absolute Gasteiger partial charge is 0.414 e. The highest BCUT2D eigenvalue weighted by Gasteiger charge is 2.23. The molecule has 7 nitrogen and oxygen atoms in total. The number of benzene rings is 2. The fourth-order valence-electron chi connectivity index (χ4n) is 2.91. The van der Waals surface area contributed by atoms with Gasteiger partial charge in [-0.3, -0.25) is 4.90 Å². The fourth-order valence-corrected chi connectivity index (χ4v) is 2.91. The maximum Gasteiger partial charge on any atom is 0.414 e. The summed E-state index contributed by atoms with van der Waals surface area (Å²) in [4.78, 5) is 23.8. The van der Waals surface area contributed by atoms with Crippen molar-refractivity contribution in [3.63, 3.8) is 0 Å². The number of methoxy groups -OCH3 is 1. The van der Waals surface area contributed by atoms with Crippen LogP contribution >= 0.6 is 0 Å². The van der Waals surface area contributed by atoms with Gasteiger partial charge in [0.25, 0.3) is 0 Å². The van der Waals surface area contributed by atoms with Crippen LogP contribution in [0.5, 0.6) is 0 Å². The van der Waals surface area contributed by atoms with E-state index in [1.165, 1.54) is 31.3 Å². The number of oxime groups is 1. The van der Waals surface area contributed by atoms with Crippen LogP contribution in [0, 0.1) is 5.82 Å². The lowest BCUT2D eigenvalue weighted by Gasteiger charge is -2.23. The molecule has 0 saturated carbocycles. The predicted octanol–water partition coefficient (Wildman–Crippen LogP) is 4.09. The normalized spacial score (nSPS) is 12.1. The van der Waals surface area contributed by atoms with Gasteiger partial charge >= 0.3 is 6.09 Å². The predicted molar refractivity (Wildman–Crippen MR) is 110 cm³/mol. The van der Waals surface area contributed by atoms with Gasteiger partial charge < -0.3 is 14.4 Å². The van der Waals surface area contributed by atoms with Crippen LogP contribution in [0.1, 0.15) is 25.0 Å². The minimum atomic E-state index is -0.515. The van der Waals surface area contributed by atoms with Crippen LogP contribution < -0.4 is 10.8 Å². The van der Waals surface area contributed by atoms with Crippen molar-refractivity contribution in [2.24, 2.45) is 11.1 Å². The molecular weight excluding hydrogens is 377 g/mol. The molecule has 0 saturated heterocycles. The van der Waals surface area contributed by atoms with Gasteiger partial charge in [0.15, 0.2) is 5.76 Å². The summed E-state index contributed by atoms with van der Waals surface area (Å²) in [6.45, 7) is 3.94. The summed E-state index contributed by atoms with van der Waals surface area (Å²) in [5, 5.41) is 4.06. The highest BCUT2D eigenvalue weighted by molar-refractivity contribution is 6.15. The van der Waals surface area contributed by atoms with E-state index in [1.807, 2.05) is 6.92 Å². The molecule has 29 heavy (non-hydrogen) atoms. The van der Waals surface area contributed by atoms with Crippen LogP contribution in [0.3, 0.4) is 0 Å². The van der Waals surface area contributed by atoms with Crippen molar-refractivity contribution in [2.75, 3.05) is 25.7 Å². The molecule has 154 valence electrons. The molecule has 0 unspecified atom stereocenters. The van der Waals surface area contributed by atoms with E-state index in [0.717, 1.165) is 0 Å². The van der Waals surface area contributed by atoms with Crippen molar-refractivity contribution in [2.45, 2.75) is 13.8 Å². The lowest BCUT2D eigenvalue weighted by atomic mass is 9.98. The van der Waals surface area contributed by atoms with E-state index < -0.39 is 6.09 Å². The third kappa shape index (κ3) is 4.91. The molecule has 0 radical (unpaired) electrons. The standard InChI is InChI=1S/C21H24FN3O4/c1-5-25(21(26)27-3)18-9-7-6-8-17(18)20(29-23)14(2)19(24-28-4)15-10-12-16(22)13-11-15/h6-13H,5,23H2,1-4H3/b20-14-,24-19+. The molecule has 0 aromatic heterocycles. The summed E-state index contributed by atoms with van der Waals surface area (Å²) in [5.41, 5.74) is 2.67. The molecular formula is C21H24FN3O4. The van der Waals surface area contributed by atoms with Crippen molar-refractivity contribution >= 4 is 23.3 Å². The van der Waals surface area contributed by atoms with E-state index in [2.05, 4.69) is 5.16 Å². The first-order chi connectivity index (χ1) is 14.0. The van der Waals surface area contributed by atoms with Gasteiger partial charge in [0.2, 0.25) is 0 Å². The first-order valence-corrected chi connectivity index (χ1v) is 8.88. The molecule has 0 aliphatic heterocycles. The van der Waals surface area contributed by atoms with E-state index in [4.69, 9.17) is 20.3 Å². The average molecular weight is 401 g/mol. The van der Waals surface area contributed by atoms with Crippen molar-refractivity contribution < 1.29 is 23.6 Å². The molecule has 2 aromatic carbocycles. The zero-order chi connectivity index (χ0) is 21.4. The highest BCUT2D eigenvalue weighted by Crippen LogP contribution is 2.31. The quantitative estimate of drug-likeness (QED) is 0.429. The molecule has 0 bridgehead atoms. The second kappa shape index (κ2) is 10.2. The largest absolute Gasteiger partial charge is 0.452 e. The molecule has 2 rings (SSSR count). The number of anilines is 1. The maximum atomic E-state index is 13.3. The Kier molecular flexibility index (Phi) is 7.73. The Bertz CT molecular complexity index is 910. The molecule has 0 spiro atoms. The number of rotatable bonds is 7. The number of halogens is 1. The zero-order valence-corrected chi connectivity index (χ0v) is 16.8. The second-order valence-electron chi connectivity index (χ2n) is 5.93. The Morgan fingerprint density at radius 3 is 2.34 bits per heavy atom. The fraction of sp³-hybridized carbons (Fsp3) is 0.238. The summed E-state index contributed by atoms with van der Waals surface area (Å²) < 4.78 is 18.2. The van der Waals surface area contributed by atoms with Crippen molar-refractivity contribution in [3.05, 3.63) is 71.0 Å². The van der Waals surface area contributed by atoms with Gasteiger partial charge in [-0.25, -0.2) is 9.18 Å². The number of carbonyl (C=O) groups excluding carboxylic acids is 1. The van der Waals surface area contributed by atoms with Crippen LogP contribution in [-0.4, -0.2) is 32.6 Å². The number of carbonyl (C=O) groups is 1. The topological polar surface area (TPSA) is 86.4 Å². The van der Waals surface area contributed by atoms with Crippen molar-refractivity contribution in [1.82, 2.24) is 0 Å². The van der Waals surface area contributed by atoms with Crippen LogP contribution in [-0.2, 0) is 14.4 Å². The molecule has 0 aliphatic rings. The lowest BCUT2D eigenvalue weighted by molar-refractivity contribution is 0.179. The van der Waals surface area contributed by atoms with Gasteiger partial charge in [-0.1, -0.05) is 17.3 Å². The van der Waals surface area contributed by atoms with Gasteiger partial charge in [0, 0.05) is 23.2 Å². The van der Waals surface area contributed by atoms with E-state index in [9.17, 15) is 9.18 Å². The van der Waals surface area contributed by atoms with Crippen LogP contribution in [0.2, 0.25) is 0 Å². The first-order valence-electron chi connectivity index (χ1n) is 8.88. The van der Waals surface area contributed by atoms with E-state index >= 15 is 0 Å². The molecule has 0 fully saturated rings. The van der Waals surface area contributed by atoms with Gasteiger partial charge in [-0.2, -0.15) is 5.90 Å². The number of hydrogen-bond acceptors (Lipinski definition) is 6. The van der Waals surface area contributed by atoms with E-state index in [1.54, 1.807) is 43.3 Å². The van der Waals surface area contributed by atoms with Crippen LogP contribution in [0.25, 0.3) is 5.76 Å². The number of para-hydroxylation sites is 1. The second-order valence-corrected chi connectivity index (χ2v) is 5.93. The molecule has 0 atom stereocenters.